The Morgan fingerprint density at radius 2 is 1.83 bits per heavy atom. The molecule has 0 unspecified atom stereocenters. The lowest BCUT2D eigenvalue weighted by atomic mass is 9.87. The number of aryl methyl sites for hydroxylation is 1. The first kappa shape index (κ1) is 17.2. The van der Waals surface area contributed by atoms with Crippen molar-refractivity contribution in [1.29, 1.82) is 0 Å². The molecular formula is C17H25N3O3. The second kappa shape index (κ2) is 6.98. The molecule has 1 amide bonds. The van der Waals surface area contributed by atoms with Crippen molar-refractivity contribution in [3.8, 4) is 0 Å². The minimum atomic E-state index is -0.397. The molecule has 0 saturated heterocycles. The first-order valence-electron chi connectivity index (χ1n) is 8.02. The van der Waals surface area contributed by atoms with Gasteiger partial charge in [-0.25, -0.2) is 4.79 Å². The zero-order valence-corrected chi connectivity index (χ0v) is 14.3. The van der Waals surface area contributed by atoms with Gasteiger partial charge in [0.05, 0.1) is 5.56 Å². The van der Waals surface area contributed by atoms with Gasteiger partial charge >= 0.3 is 5.69 Å². The average Bonchev–Trinajstić information content (AvgIpc) is 2.54. The van der Waals surface area contributed by atoms with Crippen molar-refractivity contribution in [2.24, 2.45) is 20.0 Å². The van der Waals surface area contributed by atoms with E-state index in [2.05, 4.69) is 6.92 Å². The van der Waals surface area contributed by atoms with Gasteiger partial charge in [-0.3, -0.25) is 14.2 Å². The second-order valence-corrected chi connectivity index (χ2v) is 6.54. The molecule has 1 aromatic heterocycles. The molecule has 2 rings (SSSR count). The summed E-state index contributed by atoms with van der Waals surface area (Å²) in [6, 6.07) is 0.270. The van der Waals surface area contributed by atoms with Gasteiger partial charge in [0.25, 0.3) is 5.56 Å². The molecule has 6 nitrogen and oxygen atoms in total. The van der Waals surface area contributed by atoms with E-state index in [9.17, 15) is 14.4 Å². The van der Waals surface area contributed by atoms with E-state index in [1.165, 1.54) is 30.0 Å². The van der Waals surface area contributed by atoms with E-state index in [1.54, 1.807) is 11.9 Å². The molecule has 6 heteroatoms. The summed E-state index contributed by atoms with van der Waals surface area (Å²) in [7, 11) is 4.82. The quantitative estimate of drug-likeness (QED) is 0.785. The first-order valence-corrected chi connectivity index (χ1v) is 8.02. The van der Waals surface area contributed by atoms with Crippen LogP contribution in [0.5, 0.6) is 0 Å². The van der Waals surface area contributed by atoms with Crippen molar-refractivity contribution in [3.63, 3.8) is 0 Å². The van der Waals surface area contributed by atoms with Crippen molar-refractivity contribution in [2.75, 3.05) is 7.05 Å². The molecule has 1 aliphatic rings. The second-order valence-electron chi connectivity index (χ2n) is 6.54. The van der Waals surface area contributed by atoms with E-state index in [1.807, 2.05) is 7.05 Å². The number of rotatable bonds is 3. The van der Waals surface area contributed by atoms with Crippen molar-refractivity contribution in [3.05, 3.63) is 38.7 Å². The number of likely N-dealkylation sites (N-methyl/N-ethyl adjacent to an activating group) is 1. The number of aromatic nitrogens is 2. The Balaban J connectivity index is 2.12. The van der Waals surface area contributed by atoms with Crippen molar-refractivity contribution in [2.45, 2.75) is 38.6 Å². The smallest absolute Gasteiger partial charge is 0.330 e. The normalized spacial score (nSPS) is 21.6. The molecule has 0 aliphatic heterocycles. The van der Waals surface area contributed by atoms with Crippen LogP contribution >= 0.6 is 0 Å². The van der Waals surface area contributed by atoms with Crippen molar-refractivity contribution < 1.29 is 4.79 Å². The standard InChI is InChI=1S/C17H25N3O3/c1-12-5-8-14(9-6-12)19(3)15(21)10-7-13-11-18(2)17(23)20(4)16(13)22/h7,10-12,14H,5-6,8-9H2,1-4H3/b10-7+. The summed E-state index contributed by atoms with van der Waals surface area (Å²) in [5.41, 5.74) is -0.452. The lowest BCUT2D eigenvalue weighted by molar-refractivity contribution is -0.127. The van der Waals surface area contributed by atoms with Crippen LogP contribution in [0.1, 0.15) is 38.2 Å². The molecule has 0 spiro atoms. The minimum Gasteiger partial charge on any atom is -0.339 e. The Labute approximate surface area is 136 Å². The third-order valence-corrected chi connectivity index (χ3v) is 4.76. The summed E-state index contributed by atoms with van der Waals surface area (Å²) in [5, 5.41) is 0. The molecule has 0 aromatic carbocycles. The zero-order chi connectivity index (χ0) is 17.1. The molecule has 1 heterocycles. The van der Waals surface area contributed by atoms with Crippen LogP contribution in [0.3, 0.4) is 0 Å². The Morgan fingerprint density at radius 3 is 2.43 bits per heavy atom. The first-order chi connectivity index (χ1) is 10.8. The van der Waals surface area contributed by atoms with Gasteiger partial charge in [-0.1, -0.05) is 6.92 Å². The number of hydrogen-bond donors (Lipinski definition) is 0. The number of nitrogens with zero attached hydrogens (tertiary/aromatic N) is 3. The SMILES string of the molecule is CC1CCC(N(C)C(=O)/C=C/c2cn(C)c(=O)n(C)c2=O)CC1. The fourth-order valence-corrected chi connectivity index (χ4v) is 3.04. The lowest BCUT2D eigenvalue weighted by Crippen LogP contribution is -2.39. The van der Waals surface area contributed by atoms with Crippen LogP contribution in [0.2, 0.25) is 0 Å². The molecule has 126 valence electrons. The van der Waals surface area contributed by atoms with Gasteiger partial charge in [0.2, 0.25) is 5.91 Å². The maximum atomic E-state index is 12.3. The number of hydrogen-bond acceptors (Lipinski definition) is 3. The van der Waals surface area contributed by atoms with E-state index >= 15 is 0 Å². The topological polar surface area (TPSA) is 64.3 Å². The number of carbonyl (C=O) groups excluding carboxylic acids is 1. The number of carbonyl (C=O) groups is 1. The predicted molar refractivity (Wildman–Crippen MR) is 90.1 cm³/mol. The highest BCUT2D eigenvalue weighted by molar-refractivity contribution is 5.91. The average molecular weight is 319 g/mol. The van der Waals surface area contributed by atoms with E-state index in [-0.39, 0.29) is 17.6 Å². The maximum Gasteiger partial charge on any atom is 0.330 e. The van der Waals surface area contributed by atoms with E-state index in [0.29, 0.717) is 5.56 Å². The van der Waals surface area contributed by atoms with Crippen LogP contribution in [-0.4, -0.2) is 33.0 Å². The monoisotopic (exact) mass is 319 g/mol. The number of amides is 1. The van der Waals surface area contributed by atoms with Gasteiger partial charge < -0.3 is 9.47 Å². The Hall–Kier alpha value is -2.11. The van der Waals surface area contributed by atoms with Gasteiger partial charge in [0.1, 0.15) is 0 Å². The Bertz CT molecular complexity index is 722. The molecule has 0 radical (unpaired) electrons. The van der Waals surface area contributed by atoms with Gasteiger partial charge in [0.15, 0.2) is 0 Å². The molecule has 0 atom stereocenters. The zero-order valence-electron chi connectivity index (χ0n) is 14.3. The van der Waals surface area contributed by atoms with Crippen molar-refractivity contribution >= 4 is 12.0 Å². The fourth-order valence-electron chi connectivity index (χ4n) is 3.04. The van der Waals surface area contributed by atoms with Crippen LogP contribution in [0.15, 0.2) is 21.9 Å². The largest absolute Gasteiger partial charge is 0.339 e. The maximum absolute atomic E-state index is 12.3. The van der Waals surface area contributed by atoms with Crippen LogP contribution in [0.4, 0.5) is 0 Å². The Kier molecular flexibility index (Phi) is 5.23. The minimum absolute atomic E-state index is 0.111. The van der Waals surface area contributed by atoms with Crippen LogP contribution in [0, 0.1) is 5.92 Å². The van der Waals surface area contributed by atoms with E-state index in [0.717, 1.165) is 36.2 Å². The predicted octanol–water partition coefficient (Wildman–Crippen LogP) is 1.13. The Morgan fingerprint density at radius 1 is 1.22 bits per heavy atom. The summed E-state index contributed by atoms with van der Waals surface area (Å²) in [6.07, 6.45) is 8.71. The molecule has 0 bridgehead atoms. The molecule has 0 N–H and O–H groups in total. The van der Waals surface area contributed by atoms with E-state index < -0.39 is 5.56 Å². The van der Waals surface area contributed by atoms with Gasteiger partial charge in [0, 0.05) is 39.5 Å². The van der Waals surface area contributed by atoms with Crippen LogP contribution in [0.25, 0.3) is 6.08 Å². The third kappa shape index (κ3) is 3.81. The molecular weight excluding hydrogens is 294 g/mol. The van der Waals surface area contributed by atoms with Crippen molar-refractivity contribution in [1.82, 2.24) is 14.0 Å². The summed E-state index contributed by atoms with van der Waals surface area (Å²) in [5.74, 6) is 0.624. The summed E-state index contributed by atoms with van der Waals surface area (Å²) in [6.45, 7) is 2.24. The molecule has 23 heavy (non-hydrogen) atoms. The molecule has 1 aromatic rings. The van der Waals surface area contributed by atoms with E-state index in [4.69, 9.17) is 0 Å². The van der Waals surface area contributed by atoms with Gasteiger partial charge in [-0.05, 0) is 37.7 Å². The van der Waals surface area contributed by atoms with Crippen LogP contribution < -0.4 is 11.2 Å². The highest BCUT2D eigenvalue weighted by Gasteiger charge is 2.23. The summed E-state index contributed by atoms with van der Waals surface area (Å²) < 4.78 is 2.37. The van der Waals surface area contributed by atoms with Gasteiger partial charge in [-0.2, -0.15) is 0 Å². The van der Waals surface area contributed by atoms with Gasteiger partial charge in [-0.15, -0.1) is 0 Å². The summed E-state index contributed by atoms with van der Waals surface area (Å²) >= 11 is 0. The molecule has 1 aliphatic carbocycles. The highest BCUT2D eigenvalue weighted by atomic mass is 16.2. The third-order valence-electron chi connectivity index (χ3n) is 4.76. The fraction of sp³-hybridized carbons (Fsp3) is 0.588. The molecule has 1 saturated carbocycles. The highest BCUT2D eigenvalue weighted by Crippen LogP contribution is 2.26. The lowest BCUT2D eigenvalue weighted by Gasteiger charge is -2.33. The summed E-state index contributed by atoms with van der Waals surface area (Å²) in [4.78, 5) is 37.7. The molecule has 1 fully saturated rings. The van der Waals surface area contributed by atoms with Crippen LogP contribution in [-0.2, 0) is 18.9 Å².